The van der Waals surface area contributed by atoms with Crippen LogP contribution in [0.3, 0.4) is 0 Å². The number of rotatable bonds is 10. The molecule has 9 heteroatoms. The van der Waals surface area contributed by atoms with Gasteiger partial charge in [-0.2, -0.15) is 0 Å². The van der Waals surface area contributed by atoms with E-state index in [2.05, 4.69) is 17.0 Å². The van der Waals surface area contributed by atoms with E-state index in [1.807, 2.05) is 19.9 Å². The van der Waals surface area contributed by atoms with Gasteiger partial charge in [-0.3, -0.25) is 9.69 Å². The Morgan fingerprint density at radius 3 is 2.62 bits per heavy atom. The molecule has 1 aliphatic carbocycles. The van der Waals surface area contributed by atoms with Crippen molar-refractivity contribution in [2.45, 2.75) is 108 Å². The second kappa shape index (κ2) is 11.0. The molecule has 1 unspecified atom stereocenters. The van der Waals surface area contributed by atoms with Gasteiger partial charge in [0.1, 0.15) is 6.10 Å². The lowest BCUT2D eigenvalue weighted by Gasteiger charge is -2.40. The number of carbonyl (C=O) groups is 2. The number of ether oxygens (including phenoxy) is 4. The maximum atomic E-state index is 13.9. The average Bonchev–Trinajstić information content (AvgIpc) is 3.55. The average molecular weight is 558 g/mol. The Hall–Kier alpha value is -2.62. The summed E-state index contributed by atoms with van der Waals surface area (Å²) in [5, 5.41) is 21.8. The van der Waals surface area contributed by atoms with Crippen LogP contribution in [-0.4, -0.2) is 76.4 Å². The van der Waals surface area contributed by atoms with E-state index in [0.29, 0.717) is 25.0 Å². The van der Waals surface area contributed by atoms with Crippen LogP contribution in [0, 0.1) is 0 Å². The minimum atomic E-state index is -2.07. The van der Waals surface area contributed by atoms with E-state index in [4.69, 9.17) is 18.9 Å². The van der Waals surface area contributed by atoms with Gasteiger partial charge in [-0.1, -0.05) is 13.0 Å². The highest BCUT2D eigenvalue weighted by atomic mass is 16.7. The fraction of sp³-hybridized carbons (Fsp3) is 0.677. The lowest BCUT2D eigenvalue weighted by atomic mass is 9.77. The van der Waals surface area contributed by atoms with Crippen LogP contribution in [0.1, 0.15) is 89.7 Å². The molecule has 5 rings (SSSR count). The Morgan fingerprint density at radius 2 is 1.90 bits per heavy atom. The zero-order valence-electron chi connectivity index (χ0n) is 24.2. The molecule has 40 heavy (non-hydrogen) atoms. The summed E-state index contributed by atoms with van der Waals surface area (Å²) in [4.78, 5) is 28.9. The molecule has 1 aromatic rings. The zero-order valence-corrected chi connectivity index (χ0v) is 24.2. The van der Waals surface area contributed by atoms with Gasteiger partial charge in [-0.05, 0) is 101 Å². The first-order valence-electron chi connectivity index (χ1n) is 14.6. The van der Waals surface area contributed by atoms with Gasteiger partial charge in [0.15, 0.2) is 17.1 Å². The third-order valence-electron chi connectivity index (χ3n) is 8.88. The fourth-order valence-electron chi connectivity index (χ4n) is 7.01. The quantitative estimate of drug-likeness (QED) is 0.328. The van der Waals surface area contributed by atoms with Crippen molar-refractivity contribution in [3.8, 4) is 11.5 Å². The summed E-state index contributed by atoms with van der Waals surface area (Å²) >= 11 is 0. The van der Waals surface area contributed by atoms with Gasteiger partial charge < -0.3 is 29.2 Å². The maximum absolute atomic E-state index is 13.9. The number of fused-ring (bicyclic) bond motifs is 3. The van der Waals surface area contributed by atoms with Crippen LogP contribution in [-0.2, 0) is 25.5 Å². The maximum Gasteiger partial charge on any atom is 0.339 e. The summed E-state index contributed by atoms with van der Waals surface area (Å²) in [6.45, 7) is 9.46. The highest BCUT2D eigenvalue weighted by molar-refractivity contribution is 5.86. The summed E-state index contributed by atoms with van der Waals surface area (Å²) in [5.74, 6) is -0.231. The van der Waals surface area contributed by atoms with E-state index in [9.17, 15) is 19.8 Å². The van der Waals surface area contributed by atoms with E-state index in [-0.39, 0.29) is 31.3 Å². The third-order valence-corrected chi connectivity index (χ3v) is 8.88. The lowest BCUT2D eigenvalue weighted by molar-refractivity contribution is -0.178. The minimum Gasteiger partial charge on any atom is -0.466 e. The molecule has 4 atom stereocenters. The number of aliphatic hydroxyl groups is 2. The Bertz CT molecular complexity index is 1170. The molecular weight excluding hydrogens is 514 g/mol. The summed E-state index contributed by atoms with van der Waals surface area (Å²) in [5.41, 5.74) is -0.171. The summed E-state index contributed by atoms with van der Waals surface area (Å²) in [6, 6.07) is 4.09. The Balaban J connectivity index is 1.46. The van der Waals surface area contributed by atoms with Gasteiger partial charge in [0.25, 0.3) is 0 Å². The Labute approximate surface area is 236 Å². The number of benzene rings is 1. The number of esters is 2. The van der Waals surface area contributed by atoms with Gasteiger partial charge in [-0.15, -0.1) is 0 Å². The first-order chi connectivity index (χ1) is 19.0. The van der Waals surface area contributed by atoms with Crippen LogP contribution in [0.25, 0.3) is 0 Å². The fourth-order valence-corrected chi connectivity index (χ4v) is 7.01. The smallest absolute Gasteiger partial charge is 0.339 e. The number of hydrogen-bond donors (Lipinski definition) is 2. The molecule has 0 aromatic heterocycles. The standard InChI is InChI=1S/C31H43NO8/c1-5-14-37-25(33)18-31(36,11-6-9-29(3,4)35)28(34)40-27-20(2)17-30-10-7-12-32(30)13-8-21-15-23-24(39-19-38-23)16-22(21)26(27)30/h15-17,26-27,35-36H,5-14,18-19H2,1-4H3/t26-,27?,30-,31-/m1/s1. The summed E-state index contributed by atoms with van der Waals surface area (Å²) in [6.07, 6.45) is 5.29. The molecule has 0 radical (unpaired) electrons. The number of hydrogen-bond acceptors (Lipinski definition) is 9. The van der Waals surface area contributed by atoms with Crippen molar-refractivity contribution in [2.75, 3.05) is 26.5 Å². The lowest BCUT2D eigenvalue weighted by Crippen LogP contribution is -2.49. The molecule has 2 N–H and O–H groups in total. The Kier molecular flexibility index (Phi) is 7.94. The van der Waals surface area contributed by atoms with Crippen LogP contribution in [0.5, 0.6) is 11.5 Å². The van der Waals surface area contributed by atoms with Crippen molar-refractivity contribution in [1.29, 1.82) is 0 Å². The van der Waals surface area contributed by atoms with Crippen LogP contribution < -0.4 is 9.47 Å². The van der Waals surface area contributed by atoms with Crippen LogP contribution in [0.15, 0.2) is 23.8 Å². The summed E-state index contributed by atoms with van der Waals surface area (Å²) in [7, 11) is 0. The number of carbonyl (C=O) groups excluding carboxylic acids is 2. The molecule has 4 aliphatic rings. The van der Waals surface area contributed by atoms with E-state index in [1.54, 1.807) is 13.8 Å². The van der Waals surface area contributed by atoms with Gasteiger partial charge in [0, 0.05) is 12.5 Å². The Morgan fingerprint density at radius 1 is 1.15 bits per heavy atom. The predicted octanol–water partition coefficient (Wildman–Crippen LogP) is 3.78. The van der Waals surface area contributed by atoms with Crippen molar-refractivity contribution in [1.82, 2.24) is 4.90 Å². The monoisotopic (exact) mass is 557 g/mol. The third kappa shape index (κ3) is 5.48. The molecule has 0 bridgehead atoms. The van der Waals surface area contributed by atoms with E-state index in [0.717, 1.165) is 54.8 Å². The van der Waals surface area contributed by atoms with Crippen molar-refractivity contribution >= 4 is 11.9 Å². The summed E-state index contributed by atoms with van der Waals surface area (Å²) < 4.78 is 22.9. The van der Waals surface area contributed by atoms with Crippen molar-refractivity contribution in [3.63, 3.8) is 0 Å². The molecule has 3 heterocycles. The van der Waals surface area contributed by atoms with Gasteiger partial charge in [0.2, 0.25) is 6.79 Å². The topological polar surface area (TPSA) is 115 Å². The first-order valence-corrected chi connectivity index (χ1v) is 14.6. The molecule has 0 saturated carbocycles. The van der Waals surface area contributed by atoms with E-state index in [1.165, 1.54) is 0 Å². The largest absolute Gasteiger partial charge is 0.466 e. The SMILES string of the molecule is CCCOC(=O)C[C@](O)(CCCC(C)(C)O)C(=O)OC1C(C)=C[C@@]23CCCN2CCc2cc4c(cc2[C@H]13)OCO4. The molecular formula is C31H43NO8. The van der Waals surface area contributed by atoms with Crippen molar-refractivity contribution in [3.05, 3.63) is 34.9 Å². The molecule has 1 spiro atoms. The van der Waals surface area contributed by atoms with Crippen molar-refractivity contribution in [2.24, 2.45) is 0 Å². The van der Waals surface area contributed by atoms with Gasteiger partial charge >= 0.3 is 11.9 Å². The molecule has 0 amide bonds. The second-order valence-electron chi connectivity index (χ2n) is 12.5. The van der Waals surface area contributed by atoms with Gasteiger partial charge in [-0.25, -0.2) is 4.79 Å². The van der Waals surface area contributed by atoms with Crippen LogP contribution >= 0.6 is 0 Å². The molecule has 1 saturated heterocycles. The van der Waals surface area contributed by atoms with Crippen molar-refractivity contribution < 1.29 is 38.7 Å². The van der Waals surface area contributed by atoms with Gasteiger partial charge in [0.05, 0.1) is 24.2 Å². The van der Waals surface area contributed by atoms with Crippen LogP contribution in [0.4, 0.5) is 0 Å². The normalized spacial score (nSPS) is 26.7. The molecule has 1 aromatic carbocycles. The van der Waals surface area contributed by atoms with E-state index >= 15 is 0 Å². The molecule has 1 fully saturated rings. The predicted molar refractivity (Wildman–Crippen MR) is 147 cm³/mol. The molecule has 220 valence electrons. The molecule has 9 nitrogen and oxygen atoms in total. The first kappa shape index (κ1) is 28.9. The minimum absolute atomic E-state index is 0.0241. The highest BCUT2D eigenvalue weighted by Gasteiger charge is 2.57. The van der Waals surface area contributed by atoms with E-state index < -0.39 is 35.7 Å². The number of nitrogens with zero attached hydrogens (tertiary/aromatic N) is 1. The highest BCUT2D eigenvalue weighted by Crippen LogP contribution is 2.55. The van der Waals surface area contributed by atoms with Crippen LogP contribution in [0.2, 0.25) is 0 Å². The second-order valence-corrected chi connectivity index (χ2v) is 12.5. The zero-order chi connectivity index (χ0) is 28.7. The molecule has 3 aliphatic heterocycles.